The van der Waals surface area contributed by atoms with Crippen molar-refractivity contribution in [3.05, 3.63) is 15.9 Å². The second-order valence-corrected chi connectivity index (χ2v) is 12.9. The van der Waals surface area contributed by atoms with Gasteiger partial charge in [0, 0.05) is 20.2 Å². The molecule has 4 nitrogen and oxygen atoms in total. The second kappa shape index (κ2) is 8.79. The van der Waals surface area contributed by atoms with Crippen LogP contribution in [-0.2, 0) is 29.2 Å². The van der Waals surface area contributed by atoms with Crippen LogP contribution in [0.3, 0.4) is 0 Å². The largest absolute Gasteiger partial charge is 0.417 e. The summed E-state index contributed by atoms with van der Waals surface area (Å²) in [5, 5.41) is 4.57. The number of halogens is 1. The van der Waals surface area contributed by atoms with Gasteiger partial charge in [0.1, 0.15) is 5.69 Å². The quantitative estimate of drug-likeness (QED) is 0.424. The highest BCUT2D eigenvalue weighted by Crippen LogP contribution is 2.36. The lowest BCUT2D eigenvalue weighted by molar-refractivity contribution is 0.110. The Hall–Kier alpha value is -0.173. The monoisotopic (exact) mass is 406 g/mol. The maximum Gasteiger partial charge on any atom is 0.191 e. The van der Waals surface area contributed by atoms with E-state index >= 15 is 0 Å². The maximum absolute atomic E-state index is 8.06. The van der Waals surface area contributed by atoms with E-state index in [1.165, 1.54) is 0 Å². The van der Waals surface area contributed by atoms with E-state index in [1.807, 2.05) is 11.7 Å². The van der Waals surface area contributed by atoms with Gasteiger partial charge in [-0.05, 0) is 53.3 Å². The molecule has 0 aliphatic carbocycles. The van der Waals surface area contributed by atoms with E-state index < -0.39 is 14.9 Å². The number of rotatable bonds is 9. The van der Waals surface area contributed by atoms with Crippen LogP contribution in [0.4, 0.5) is 0 Å². The molecule has 0 radical (unpaired) electrons. The fourth-order valence-corrected chi connectivity index (χ4v) is 3.77. The molecule has 0 saturated heterocycles. The minimum atomic E-state index is -1.77. The zero-order valence-electron chi connectivity index (χ0n) is 17.6. The summed E-state index contributed by atoms with van der Waals surface area (Å²) in [6, 6.07) is 0. The van der Waals surface area contributed by atoms with Crippen molar-refractivity contribution in [2.75, 3.05) is 13.2 Å². The molecular weight excluding hydrogens is 372 g/mol. The maximum atomic E-state index is 8.06. The summed E-state index contributed by atoms with van der Waals surface area (Å²) in [6.07, 6.45) is 1.82. The molecule has 1 heterocycles. The molecule has 134 valence electrons. The predicted octanol–water partition coefficient (Wildman–Crippen LogP) is 5.06. The SMILES string of the molecule is [2H]C([2H])(CCCO[Si](C)(C)C(C)(C)C)OCc1nn(C)c(CC)c1Br. The van der Waals surface area contributed by atoms with Crippen LogP contribution < -0.4 is 0 Å². The standard InChI is InChI=1S/C17H33BrN2O2Si/c1-8-15-16(18)14(19-20(15)5)13-21-11-9-10-12-22-23(6,7)17(2,3)4/h8-13H2,1-7H3/i11D2. The molecule has 0 fully saturated rings. The van der Waals surface area contributed by atoms with Gasteiger partial charge >= 0.3 is 0 Å². The Bertz CT molecular complexity index is 572. The zero-order valence-corrected chi connectivity index (χ0v) is 18.2. The summed E-state index contributed by atoms with van der Waals surface area (Å²) in [6.45, 7) is 12.2. The third kappa shape index (κ3) is 6.00. The highest BCUT2D eigenvalue weighted by atomic mass is 79.9. The number of aromatic nitrogens is 2. The molecule has 0 amide bonds. The molecule has 23 heavy (non-hydrogen) atoms. The van der Waals surface area contributed by atoms with Crippen molar-refractivity contribution in [3.8, 4) is 0 Å². The van der Waals surface area contributed by atoms with E-state index in [0.29, 0.717) is 19.4 Å². The van der Waals surface area contributed by atoms with Crippen molar-refractivity contribution >= 4 is 24.2 Å². The molecule has 0 saturated carbocycles. The first kappa shape index (κ1) is 17.6. The average Bonchev–Trinajstić information content (AvgIpc) is 2.74. The molecule has 0 aromatic carbocycles. The Morgan fingerprint density at radius 3 is 2.48 bits per heavy atom. The lowest BCUT2D eigenvalue weighted by Crippen LogP contribution is -2.40. The van der Waals surface area contributed by atoms with Gasteiger partial charge < -0.3 is 9.16 Å². The van der Waals surface area contributed by atoms with Crippen LogP contribution in [0.15, 0.2) is 4.47 Å². The topological polar surface area (TPSA) is 36.3 Å². The molecule has 1 aromatic heterocycles. The molecule has 1 aromatic rings. The fraction of sp³-hybridized carbons (Fsp3) is 0.824. The highest BCUT2D eigenvalue weighted by Gasteiger charge is 2.36. The normalized spacial score (nSPS) is 14.8. The van der Waals surface area contributed by atoms with Gasteiger partial charge in [0.15, 0.2) is 8.32 Å². The van der Waals surface area contributed by atoms with Gasteiger partial charge in [-0.1, -0.05) is 27.7 Å². The van der Waals surface area contributed by atoms with Crippen molar-refractivity contribution in [2.24, 2.45) is 7.05 Å². The van der Waals surface area contributed by atoms with Crippen LogP contribution in [0, 0.1) is 0 Å². The van der Waals surface area contributed by atoms with Crippen molar-refractivity contribution in [1.29, 1.82) is 0 Å². The molecule has 1 rings (SSSR count). The molecular formula is C17H33BrN2O2Si. The zero-order chi connectivity index (χ0) is 19.5. The smallest absolute Gasteiger partial charge is 0.191 e. The first-order chi connectivity index (χ1) is 11.3. The Labute approximate surface area is 154 Å². The Kier molecular flexibility index (Phi) is 6.74. The molecule has 0 N–H and O–H groups in total. The molecule has 0 aliphatic heterocycles. The summed E-state index contributed by atoms with van der Waals surface area (Å²) in [5.41, 5.74) is 1.82. The van der Waals surface area contributed by atoms with Gasteiger partial charge in [-0.25, -0.2) is 0 Å². The number of hydrogen-bond donors (Lipinski definition) is 0. The van der Waals surface area contributed by atoms with Crippen LogP contribution in [0.5, 0.6) is 0 Å². The highest BCUT2D eigenvalue weighted by molar-refractivity contribution is 9.10. The van der Waals surface area contributed by atoms with E-state index in [-0.39, 0.29) is 11.6 Å². The van der Waals surface area contributed by atoms with Crippen LogP contribution in [-0.4, -0.2) is 31.3 Å². The van der Waals surface area contributed by atoms with Crippen LogP contribution >= 0.6 is 15.9 Å². The first-order valence-electron chi connectivity index (χ1n) is 9.29. The third-order valence-electron chi connectivity index (χ3n) is 4.51. The van der Waals surface area contributed by atoms with E-state index in [9.17, 15) is 0 Å². The van der Waals surface area contributed by atoms with Gasteiger partial charge in [-0.2, -0.15) is 5.10 Å². The van der Waals surface area contributed by atoms with Gasteiger partial charge in [-0.15, -0.1) is 0 Å². The van der Waals surface area contributed by atoms with Crippen LogP contribution in [0.25, 0.3) is 0 Å². The molecule has 0 aliphatic rings. The Balaban J connectivity index is 2.47. The number of ether oxygens (including phenoxy) is 1. The van der Waals surface area contributed by atoms with Gasteiger partial charge in [0.25, 0.3) is 0 Å². The van der Waals surface area contributed by atoms with E-state index in [2.05, 4.69) is 61.8 Å². The molecule has 0 bridgehead atoms. The molecule has 6 heteroatoms. The summed E-state index contributed by atoms with van der Waals surface area (Å²) >= 11 is 3.53. The second-order valence-electron chi connectivity index (χ2n) is 7.33. The summed E-state index contributed by atoms with van der Waals surface area (Å²) in [7, 11) is 0.119. The predicted molar refractivity (Wildman–Crippen MR) is 102 cm³/mol. The molecule has 0 unspecified atom stereocenters. The van der Waals surface area contributed by atoms with E-state index in [1.54, 1.807) is 0 Å². The lowest BCUT2D eigenvalue weighted by Gasteiger charge is -2.36. The summed E-state index contributed by atoms with van der Waals surface area (Å²) < 4.78 is 30.4. The van der Waals surface area contributed by atoms with Crippen molar-refractivity contribution in [1.82, 2.24) is 9.78 Å². The van der Waals surface area contributed by atoms with E-state index in [0.717, 1.165) is 22.3 Å². The molecule has 0 spiro atoms. The van der Waals surface area contributed by atoms with Gasteiger partial charge in [0.05, 0.1) is 19.5 Å². The minimum Gasteiger partial charge on any atom is -0.417 e. The molecule has 0 atom stereocenters. The van der Waals surface area contributed by atoms with Gasteiger partial charge in [0.2, 0.25) is 0 Å². The van der Waals surface area contributed by atoms with E-state index in [4.69, 9.17) is 11.9 Å². The fourth-order valence-electron chi connectivity index (χ4n) is 1.95. The van der Waals surface area contributed by atoms with Crippen LogP contribution in [0.1, 0.15) is 54.7 Å². The van der Waals surface area contributed by atoms with Crippen molar-refractivity contribution < 1.29 is 11.9 Å². The Morgan fingerprint density at radius 2 is 1.96 bits per heavy atom. The van der Waals surface area contributed by atoms with Crippen molar-refractivity contribution in [3.63, 3.8) is 0 Å². The summed E-state index contributed by atoms with van der Waals surface area (Å²) in [5.74, 6) is 0. The number of aryl methyl sites for hydroxylation is 1. The summed E-state index contributed by atoms with van der Waals surface area (Å²) in [4.78, 5) is 0. The van der Waals surface area contributed by atoms with Gasteiger partial charge in [-0.3, -0.25) is 4.68 Å². The lowest BCUT2D eigenvalue weighted by atomic mass is 10.2. The van der Waals surface area contributed by atoms with Crippen LogP contribution in [0.2, 0.25) is 18.1 Å². The third-order valence-corrected chi connectivity index (χ3v) is 9.96. The number of hydrogen-bond acceptors (Lipinski definition) is 3. The first-order valence-corrected chi connectivity index (χ1v) is 12.0. The number of nitrogens with zero attached hydrogens (tertiary/aromatic N) is 2. The average molecular weight is 407 g/mol. The van der Waals surface area contributed by atoms with Crippen molar-refractivity contribution in [2.45, 2.75) is 71.7 Å². The Morgan fingerprint density at radius 1 is 1.30 bits per heavy atom. The minimum absolute atomic E-state index is 0.157.